The van der Waals surface area contributed by atoms with E-state index in [1.807, 2.05) is 6.92 Å². The lowest BCUT2D eigenvalue weighted by molar-refractivity contribution is 0.0781. The minimum Gasteiger partial charge on any atom is -0.507 e. The number of phenolic OH excluding ortho intramolecular Hbond substituents is 1. The van der Waals surface area contributed by atoms with E-state index in [1.165, 1.54) is 6.07 Å². The molecule has 0 amide bonds. The summed E-state index contributed by atoms with van der Waals surface area (Å²) in [6.45, 7) is 2.40. The van der Waals surface area contributed by atoms with Crippen molar-refractivity contribution in [2.24, 2.45) is 5.92 Å². The smallest absolute Gasteiger partial charge is 0.232 e. The predicted molar refractivity (Wildman–Crippen MR) is 63.5 cm³/mol. The van der Waals surface area contributed by atoms with Gasteiger partial charge >= 0.3 is 0 Å². The number of phenols is 1. The molecule has 1 unspecified atom stereocenters. The van der Waals surface area contributed by atoms with Crippen molar-refractivity contribution in [3.05, 3.63) is 40.7 Å². The molecule has 2 aliphatic rings. The molecule has 18 heavy (non-hydrogen) atoms. The molecule has 0 saturated heterocycles. The quantitative estimate of drug-likeness (QED) is 0.759. The molecule has 1 aromatic carbocycles. The second kappa shape index (κ2) is 3.70. The molecule has 4 heteroatoms. The van der Waals surface area contributed by atoms with E-state index in [0.29, 0.717) is 18.6 Å². The SMILES string of the molecule is CC1COC2=C(C1)C(=O)c1cccc(O)c1C2=O. The number of aromatic hydroxyl groups is 1. The van der Waals surface area contributed by atoms with E-state index in [1.54, 1.807) is 12.1 Å². The molecule has 1 aromatic rings. The summed E-state index contributed by atoms with van der Waals surface area (Å²) in [7, 11) is 0. The van der Waals surface area contributed by atoms with E-state index < -0.39 is 0 Å². The first-order valence-corrected chi connectivity index (χ1v) is 5.87. The maximum atomic E-state index is 12.3. The van der Waals surface area contributed by atoms with Crippen LogP contribution in [-0.2, 0) is 4.74 Å². The third-order valence-electron chi connectivity index (χ3n) is 3.33. The summed E-state index contributed by atoms with van der Waals surface area (Å²) in [6, 6.07) is 4.54. The van der Waals surface area contributed by atoms with E-state index in [0.717, 1.165) is 0 Å². The lowest BCUT2D eigenvalue weighted by Gasteiger charge is -2.28. The summed E-state index contributed by atoms with van der Waals surface area (Å²) in [5, 5.41) is 9.74. The van der Waals surface area contributed by atoms with Crippen LogP contribution in [0.15, 0.2) is 29.5 Å². The normalized spacial score (nSPS) is 22.4. The van der Waals surface area contributed by atoms with Gasteiger partial charge in [-0.1, -0.05) is 19.1 Å². The first-order valence-electron chi connectivity index (χ1n) is 5.87. The van der Waals surface area contributed by atoms with Gasteiger partial charge in [0.15, 0.2) is 11.5 Å². The Morgan fingerprint density at radius 3 is 2.83 bits per heavy atom. The molecule has 0 spiro atoms. The van der Waals surface area contributed by atoms with Crippen molar-refractivity contribution in [3.63, 3.8) is 0 Å². The highest BCUT2D eigenvalue weighted by atomic mass is 16.5. The van der Waals surface area contributed by atoms with Crippen LogP contribution in [-0.4, -0.2) is 23.3 Å². The van der Waals surface area contributed by atoms with Crippen molar-refractivity contribution < 1.29 is 19.4 Å². The van der Waals surface area contributed by atoms with E-state index >= 15 is 0 Å². The number of carbonyl (C=O) groups excluding carboxylic acids is 2. The molecule has 4 nitrogen and oxygen atoms in total. The van der Waals surface area contributed by atoms with Crippen LogP contribution in [0.1, 0.15) is 34.1 Å². The van der Waals surface area contributed by atoms with Crippen LogP contribution in [0.3, 0.4) is 0 Å². The molecule has 0 radical (unpaired) electrons. The number of hydrogen-bond donors (Lipinski definition) is 1. The number of carbonyl (C=O) groups is 2. The standard InChI is InChI=1S/C14H12O4/c1-7-5-9-12(16)8-3-2-4-10(15)11(8)13(17)14(9)18-6-7/h2-4,7,15H,5-6H2,1H3. The molecular formula is C14H12O4. The van der Waals surface area contributed by atoms with Crippen molar-refractivity contribution in [1.29, 1.82) is 0 Å². The fourth-order valence-corrected chi connectivity index (χ4v) is 2.46. The fourth-order valence-electron chi connectivity index (χ4n) is 2.46. The van der Waals surface area contributed by atoms with Crippen LogP contribution in [0, 0.1) is 5.92 Å². The fraction of sp³-hybridized carbons (Fsp3) is 0.286. The lowest BCUT2D eigenvalue weighted by atomic mass is 9.83. The number of ketones is 2. The monoisotopic (exact) mass is 244 g/mol. The second-order valence-electron chi connectivity index (χ2n) is 4.79. The third-order valence-corrected chi connectivity index (χ3v) is 3.33. The first-order chi connectivity index (χ1) is 8.59. The van der Waals surface area contributed by atoms with E-state index in [2.05, 4.69) is 0 Å². The first kappa shape index (κ1) is 11.0. The van der Waals surface area contributed by atoms with Crippen molar-refractivity contribution in [2.75, 3.05) is 6.61 Å². The van der Waals surface area contributed by atoms with Crippen molar-refractivity contribution >= 4 is 11.6 Å². The summed E-state index contributed by atoms with van der Waals surface area (Å²) in [6.07, 6.45) is 0.551. The van der Waals surface area contributed by atoms with Gasteiger partial charge in [-0.2, -0.15) is 0 Å². The summed E-state index contributed by atoms with van der Waals surface area (Å²) in [4.78, 5) is 24.5. The van der Waals surface area contributed by atoms with Crippen molar-refractivity contribution in [3.8, 4) is 5.75 Å². The number of allylic oxidation sites excluding steroid dienone is 2. The molecule has 0 bridgehead atoms. The maximum Gasteiger partial charge on any atom is 0.232 e. The van der Waals surface area contributed by atoms with Gasteiger partial charge in [-0.15, -0.1) is 0 Å². The Bertz CT molecular complexity index is 598. The molecule has 1 heterocycles. The van der Waals surface area contributed by atoms with Gasteiger partial charge in [0.2, 0.25) is 5.78 Å². The highest BCUT2D eigenvalue weighted by Gasteiger charge is 2.38. The van der Waals surface area contributed by atoms with Gasteiger partial charge in [-0.25, -0.2) is 0 Å². The van der Waals surface area contributed by atoms with Crippen molar-refractivity contribution in [1.82, 2.24) is 0 Å². The van der Waals surface area contributed by atoms with Crippen LogP contribution in [0.25, 0.3) is 0 Å². The van der Waals surface area contributed by atoms with Gasteiger partial charge in [-0.05, 0) is 18.4 Å². The zero-order valence-electron chi connectivity index (χ0n) is 9.90. The number of ether oxygens (including phenoxy) is 1. The van der Waals surface area contributed by atoms with Crippen LogP contribution in [0.2, 0.25) is 0 Å². The zero-order chi connectivity index (χ0) is 12.9. The molecule has 0 aromatic heterocycles. The Morgan fingerprint density at radius 2 is 2.06 bits per heavy atom. The van der Waals surface area contributed by atoms with Gasteiger partial charge in [0.25, 0.3) is 0 Å². The second-order valence-corrected chi connectivity index (χ2v) is 4.79. The maximum absolute atomic E-state index is 12.3. The number of rotatable bonds is 0. The lowest BCUT2D eigenvalue weighted by Crippen LogP contribution is -2.29. The van der Waals surface area contributed by atoms with Crippen molar-refractivity contribution in [2.45, 2.75) is 13.3 Å². The molecule has 1 N–H and O–H groups in total. The zero-order valence-corrected chi connectivity index (χ0v) is 9.90. The summed E-state index contributed by atoms with van der Waals surface area (Å²) < 4.78 is 5.39. The Labute approximate surface area is 104 Å². The minimum atomic E-state index is -0.385. The highest BCUT2D eigenvalue weighted by molar-refractivity contribution is 6.27. The van der Waals surface area contributed by atoms with E-state index in [9.17, 15) is 14.7 Å². The van der Waals surface area contributed by atoms with Crippen LogP contribution in [0.5, 0.6) is 5.75 Å². The molecule has 1 aliphatic heterocycles. The molecule has 0 fully saturated rings. The average Bonchev–Trinajstić information content (AvgIpc) is 2.35. The van der Waals surface area contributed by atoms with E-state index in [4.69, 9.17) is 4.74 Å². The molecule has 92 valence electrons. The van der Waals surface area contributed by atoms with Crippen LogP contribution >= 0.6 is 0 Å². The number of Topliss-reactive ketones (excluding diaryl/α,β-unsaturated/α-hetero) is 2. The van der Waals surface area contributed by atoms with Gasteiger partial charge < -0.3 is 9.84 Å². The molecular weight excluding hydrogens is 232 g/mol. The van der Waals surface area contributed by atoms with Gasteiger partial charge in [0.1, 0.15) is 5.75 Å². The Balaban J connectivity index is 2.21. The summed E-state index contributed by atoms with van der Waals surface area (Å²) >= 11 is 0. The Morgan fingerprint density at radius 1 is 1.28 bits per heavy atom. The van der Waals surface area contributed by atoms with Crippen LogP contribution in [0.4, 0.5) is 0 Å². The predicted octanol–water partition coefficient (Wildman–Crippen LogP) is 2.08. The number of benzene rings is 1. The molecule has 1 aliphatic carbocycles. The van der Waals surface area contributed by atoms with E-state index in [-0.39, 0.29) is 40.1 Å². The number of hydrogen-bond acceptors (Lipinski definition) is 4. The Hall–Kier alpha value is -2.10. The van der Waals surface area contributed by atoms with Crippen LogP contribution < -0.4 is 0 Å². The summed E-state index contributed by atoms with van der Waals surface area (Å²) in [5.74, 6) is -0.419. The molecule has 3 rings (SSSR count). The average molecular weight is 244 g/mol. The van der Waals surface area contributed by atoms with Gasteiger partial charge in [0, 0.05) is 11.1 Å². The molecule has 0 saturated carbocycles. The van der Waals surface area contributed by atoms with Gasteiger partial charge in [0.05, 0.1) is 12.2 Å². The highest BCUT2D eigenvalue weighted by Crippen LogP contribution is 2.37. The van der Waals surface area contributed by atoms with Gasteiger partial charge in [-0.3, -0.25) is 9.59 Å². The topological polar surface area (TPSA) is 63.6 Å². The third kappa shape index (κ3) is 1.38. The minimum absolute atomic E-state index is 0.0656. The number of fused-ring (bicyclic) bond motifs is 1. The molecule has 1 atom stereocenters. The Kier molecular flexibility index (Phi) is 2.26. The summed E-state index contributed by atoms with van der Waals surface area (Å²) in [5.41, 5.74) is 0.782. The largest absolute Gasteiger partial charge is 0.507 e.